The van der Waals surface area contributed by atoms with Crippen molar-refractivity contribution in [2.75, 3.05) is 39.1 Å². The first-order valence-electron chi connectivity index (χ1n) is 7.56. The van der Waals surface area contributed by atoms with E-state index >= 15 is 0 Å². The van der Waals surface area contributed by atoms with Gasteiger partial charge in [0.15, 0.2) is 0 Å². The molecule has 0 aromatic heterocycles. The van der Waals surface area contributed by atoms with Crippen molar-refractivity contribution in [3.05, 3.63) is 22.7 Å². The van der Waals surface area contributed by atoms with Gasteiger partial charge in [0.25, 0.3) is 5.91 Å². The van der Waals surface area contributed by atoms with Crippen LogP contribution in [-0.2, 0) is 4.74 Å². The number of carbonyl (C=O) groups excluding carboxylic acids is 1. The molecule has 1 atom stereocenters. The van der Waals surface area contributed by atoms with Crippen LogP contribution in [0.15, 0.2) is 12.1 Å². The van der Waals surface area contributed by atoms with E-state index in [-0.39, 0.29) is 18.3 Å². The lowest BCUT2D eigenvalue weighted by molar-refractivity contribution is 0.0499. The Morgan fingerprint density at radius 3 is 2.87 bits per heavy atom. The monoisotopic (exact) mass is 362 g/mol. The average molecular weight is 363 g/mol. The zero-order valence-corrected chi connectivity index (χ0v) is 15.1. The number of nitrogen functional groups attached to an aromatic ring is 1. The van der Waals surface area contributed by atoms with Crippen LogP contribution in [-0.4, -0.2) is 44.2 Å². The quantitative estimate of drug-likeness (QED) is 0.816. The van der Waals surface area contributed by atoms with Crippen LogP contribution in [0.5, 0.6) is 5.75 Å². The number of methoxy groups -OCH3 is 1. The third kappa shape index (κ3) is 4.90. The van der Waals surface area contributed by atoms with E-state index in [0.29, 0.717) is 47.7 Å². The third-order valence-electron chi connectivity index (χ3n) is 3.91. The molecule has 7 heteroatoms. The molecule has 1 aromatic rings. The highest BCUT2D eigenvalue weighted by molar-refractivity contribution is 6.33. The minimum Gasteiger partial charge on any atom is -0.496 e. The Kier molecular flexibility index (Phi) is 7.95. The first-order valence-corrected chi connectivity index (χ1v) is 7.94. The fraction of sp³-hybridized carbons (Fsp3) is 0.562. The lowest BCUT2D eigenvalue weighted by Gasteiger charge is -2.33. The fourth-order valence-corrected chi connectivity index (χ4v) is 2.91. The van der Waals surface area contributed by atoms with E-state index in [1.54, 1.807) is 12.1 Å². The Labute approximate surface area is 148 Å². The van der Waals surface area contributed by atoms with E-state index in [2.05, 4.69) is 0 Å². The molecule has 1 aliphatic rings. The fourth-order valence-electron chi connectivity index (χ4n) is 2.75. The predicted molar refractivity (Wildman–Crippen MR) is 94.8 cm³/mol. The summed E-state index contributed by atoms with van der Waals surface area (Å²) in [6.07, 6.45) is 2.07. The summed E-state index contributed by atoms with van der Waals surface area (Å²) < 4.78 is 10.8. The Bertz CT molecular complexity index is 540. The largest absolute Gasteiger partial charge is 0.496 e. The maximum absolute atomic E-state index is 12.8. The van der Waals surface area contributed by atoms with Gasteiger partial charge in [0, 0.05) is 25.8 Å². The number of ether oxygens (including phenoxy) is 2. The van der Waals surface area contributed by atoms with E-state index in [9.17, 15) is 4.79 Å². The summed E-state index contributed by atoms with van der Waals surface area (Å²) in [6.45, 7) is 4.81. The van der Waals surface area contributed by atoms with Gasteiger partial charge in [-0.1, -0.05) is 11.6 Å². The Morgan fingerprint density at radius 2 is 2.22 bits per heavy atom. The van der Waals surface area contributed by atoms with Crippen LogP contribution in [0.3, 0.4) is 0 Å². The van der Waals surface area contributed by atoms with Gasteiger partial charge in [-0.25, -0.2) is 0 Å². The highest BCUT2D eigenvalue weighted by Crippen LogP contribution is 2.30. The van der Waals surface area contributed by atoms with Gasteiger partial charge in [-0.2, -0.15) is 0 Å². The topological polar surface area (TPSA) is 64.8 Å². The summed E-state index contributed by atoms with van der Waals surface area (Å²) in [5.74, 6) is 0.770. The van der Waals surface area contributed by atoms with E-state index in [1.807, 2.05) is 11.8 Å². The molecule has 0 bridgehead atoms. The van der Waals surface area contributed by atoms with Crippen LogP contribution in [0.25, 0.3) is 0 Å². The lowest BCUT2D eigenvalue weighted by Crippen LogP contribution is -2.41. The van der Waals surface area contributed by atoms with E-state index in [0.717, 1.165) is 19.4 Å². The van der Waals surface area contributed by atoms with Crippen molar-refractivity contribution in [1.29, 1.82) is 0 Å². The molecule has 1 fully saturated rings. The van der Waals surface area contributed by atoms with Gasteiger partial charge < -0.3 is 20.1 Å². The van der Waals surface area contributed by atoms with E-state index < -0.39 is 0 Å². The van der Waals surface area contributed by atoms with Crippen molar-refractivity contribution >= 4 is 35.6 Å². The minimum atomic E-state index is -0.0695. The molecule has 1 heterocycles. The summed E-state index contributed by atoms with van der Waals surface area (Å²) in [7, 11) is 1.52. The molecular weight excluding hydrogens is 339 g/mol. The van der Waals surface area contributed by atoms with Crippen LogP contribution < -0.4 is 10.5 Å². The van der Waals surface area contributed by atoms with Gasteiger partial charge in [0.05, 0.1) is 30.0 Å². The molecule has 1 aromatic carbocycles. The number of likely N-dealkylation sites (tertiary alicyclic amines) is 1. The number of halogens is 2. The number of hydrogen-bond acceptors (Lipinski definition) is 4. The van der Waals surface area contributed by atoms with Gasteiger partial charge in [0.2, 0.25) is 0 Å². The zero-order valence-electron chi connectivity index (χ0n) is 13.5. The number of rotatable bonds is 5. The number of benzene rings is 1. The molecule has 1 saturated heterocycles. The number of anilines is 1. The molecule has 2 rings (SSSR count). The molecule has 0 spiro atoms. The Hall–Kier alpha value is -1.17. The number of carbonyl (C=O) groups is 1. The van der Waals surface area contributed by atoms with Crippen molar-refractivity contribution in [1.82, 2.24) is 4.90 Å². The molecule has 0 radical (unpaired) electrons. The number of piperidine rings is 1. The van der Waals surface area contributed by atoms with E-state index in [1.165, 1.54) is 7.11 Å². The highest BCUT2D eigenvalue weighted by Gasteiger charge is 2.26. The second-order valence-corrected chi connectivity index (χ2v) is 5.90. The van der Waals surface area contributed by atoms with Gasteiger partial charge in [-0.15, -0.1) is 12.4 Å². The minimum absolute atomic E-state index is 0. The van der Waals surface area contributed by atoms with Crippen LogP contribution >= 0.6 is 24.0 Å². The summed E-state index contributed by atoms with van der Waals surface area (Å²) in [5.41, 5.74) is 6.63. The molecule has 1 aliphatic heterocycles. The molecule has 1 unspecified atom stereocenters. The van der Waals surface area contributed by atoms with Gasteiger partial charge >= 0.3 is 0 Å². The number of nitrogens with zero attached hydrogens (tertiary/aromatic N) is 1. The van der Waals surface area contributed by atoms with Gasteiger partial charge in [0.1, 0.15) is 5.75 Å². The maximum atomic E-state index is 12.8. The van der Waals surface area contributed by atoms with Gasteiger partial charge in [-0.05, 0) is 31.7 Å². The third-order valence-corrected chi connectivity index (χ3v) is 4.24. The Morgan fingerprint density at radius 1 is 1.48 bits per heavy atom. The molecule has 0 aliphatic carbocycles. The number of nitrogens with two attached hydrogens (primary N) is 1. The van der Waals surface area contributed by atoms with Crippen molar-refractivity contribution in [2.45, 2.75) is 19.8 Å². The van der Waals surface area contributed by atoms with Crippen LogP contribution in [0.2, 0.25) is 5.02 Å². The normalized spacial score (nSPS) is 17.5. The maximum Gasteiger partial charge on any atom is 0.257 e. The van der Waals surface area contributed by atoms with Crippen molar-refractivity contribution in [3.8, 4) is 5.75 Å². The zero-order chi connectivity index (χ0) is 16.1. The second-order valence-electron chi connectivity index (χ2n) is 5.49. The highest BCUT2D eigenvalue weighted by atomic mass is 35.5. The molecule has 130 valence electrons. The summed E-state index contributed by atoms with van der Waals surface area (Å²) in [5, 5.41) is 0.368. The standard InChI is InChI=1S/C16H23ClN2O3.ClH/c1-3-22-10-11-5-4-6-19(9-11)16(20)12-7-13(17)14(18)8-15(12)21-2;/h7-8,11H,3-6,9-10,18H2,1-2H3;1H. The smallest absolute Gasteiger partial charge is 0.257 e. The van der Waals surface area contributed by atoms with E-state index in [4.69, 9.17) is 26.8 Å². The predicted octanol–water partition coefficient (Wildman–Crippen LogP) is 3.24. The summed E-state index contributed by atoms with van der Waals surface area (Å²) in [6, 6.07) is 3.18. The first-order chi connectivity index (χ1) is 10.6. The molecule has 2 N–H and O–H groups in total. The van der Waals surface area contributed by atoms with Crippen molar-refractivity contribution in [2.24, 2.45) is 5.92 Å². The molecule has 23 heavy (non-hydrogen) atoms. The summed E-state index contributed by atoms with van der Waals surface area (Å²) in [4.78, 5) is 14.6. The van der Waals surface area contributed by atoms with Crippen LogP contribution in [0.4, 0.5) is 5.69 Å². The van der Waals surface area contributed by atoms with Crippen LogP contribution in [0, 0.1) is 5.92 Å². The number of hydrogen-bond donors (Lipinski definition) is 1. The van der Waals surface area contributed by atoms with Gasteiger partial charge in [-0.3, -0.25) is 4.79 Å². The average Bonchev–Trinajstić information content (AvgIpc) is 2.54. The molecular formula is C16H24Cl2N2O3. The summed E-state index contributed by atoms with van der Waals surface area (Å²) >= 11 is 6.05. The van der Waals surface area contributed by atoms with Crippen molar-refractivity contribution in [3.63, 3.8) is 0 Å². The van der Waals surface area contributed by atoms with Crippen LogP contribution in [0.1, 0.15) is 30.1 Å². The second kappa shape index (κ2) is 9.21. The molecule has 5 nitrogen and oxygen atoms in total. The van der Waals surface area contributed by atoms with Crippen molar-refractivity contribution < 1.29 is 14.3 Å². The number of amides is 1. The molecule has 1 amide bonds. The molecule has 0 saturated carbocycles. The SMILES string of the molecule is CCOCC1CCCN(C(=O)c2cc(Cl)c(N)cc2OC)C1.Cl. The lowest BCUT2D eigenvalue weighted by atomic mass is 9.98. The first kappa shape index (κ1) is 19.9. The Balaban J connectivity index is 0.00000264.